The molecule has 26 heavy (non-hydrogen) atoms. The first-order valence-electron chi connectivity index (χ1n) is 8.64. The van der Waals surface area contributed by atoms with Gasteiger partial charge in [0.05, 0.1) is 0 Å². The quantitative estimate of drug-likeness (QED) is 0.703. The van der Waals surface area contributed by atoms with Gasteiger partial charge in [-0.15, -0.1) is 0 Å². The van der Waals surface area contributed by atoms with E-state index in [1.165, 1.54) is 5.56 Å². The van der Waals surface area contributed by atoms with Crippen molar-refractivity contribution in [3.63, 3.8) is 0 Å². The first kappa shape index (κ1) is 17.7. The van der Waals surface area contributed by atoms with Crippen molar-refractivity contribution in [2.75, 3.05) is 5.32 Å². The molecule has 1 atom stereocenters. The third-order valence-corrected chi connectivity index (χ3v) is 4.12. The molecule has 2 amide bonds. The van der Waals surface area contributed by atoms with E-state index in [0.717, 1.165) is 17.5 Å². The Morgan fingerprint density at radius 1 is 1.08 bits per heavy atom. The van der Waals surface area contributed by atoms with Crippen LogP contribution in [0.15, 0.2) is 53.1 Å². The Kier molecular flexibility index (Phi) is 5.31. The number of hydrogen-bond acceptors (Lipinski definition) is 4. The Labute approximate surface area is 152 Å². The van der Waals surface area contributed by atoms with Gasteiger partial charge in [-0.1, -0.05) is 29.8 Å². The number of aromatic nitrogens is 2. The van der Waals surface area contributed by atoms with Crippen LogP contribution in [0.4, 0.5) is 10.5 Å². The number of hydrogen-bond donors (Lipinski definition) is 2. The van der Waals surface area contributed by atoms with Gasteiger partial charge in [-0.3, -0.25) is 0 Å². The molecular formula is C20H22N4O2. The molecule has 2 N–H and O–H groups in total. The highest BCUT2D eigenvalue weighted by atomic mass is 16.5. The van der Waals surface area contributed by atoms with Crippen LogP contribution >= 0.6 is 0 Å². The molecule has 0 bridgehead atoms. The summed E-state index contributed by atoms with van der Waals surface area (Å²) >= 11 is 0. The van der Waals surface area contributed by atoms with Gasteiger partial charge in [0.2, 0.25) is 5.82 Å². The first-order valence-corrected chi connectivity index (χ1v) is 8.64. The number of urea groups is 1. The molecule has 3 aromatic rings. The lowest BCUT2D eigenvalue weighted by molar-refractivity contribution is 0.249. The second-order valence-electron chi connectivity index (χ2n) is 6.27. The fraction of sp³-hybridized carbons (Fsp3) is 0.250. The smallest absolute Gasteiger partial charge is 0.319 e. The van der Waals surface area contributed by atoms with Crippen molar-refractivity contribution < 1.29 is 9.32 Å². The van der Waals surface area contributed by atoms with Gasteiger partial charge in [-0.05, 0) is 56.7 Å². The summed E-state index contributed by atoms with van der Waals surface area (Å²) in [6.45, 7) is 6.02. The zero-order valence-electron chi connectivity index (χ0n) is 15.1. The third kappa shape index (κ3) is 4.27. The van der Waals surface area contributed by atoms with E-state index in [4.69, 9.17) is 4.52 Å². The van der Waals surface area contributed by atoms with Crippen LogP contribution in [-0.4, -0.2) is 22.2 Å². The van der Waals surface area contributed by atoms with Crippen molar-refractivity contribution in [3.05, 3.63) is 54.1 Å². The number of benzene rings is 2. The van der Waals surface area contributed by atoms with Crippen LogP contribution in [0, 0.1) is 6.92 Å². The molecule has 0 saturated heterocycles. The molecule has 0 aliphatic heterocycles. The Balaban J connectivity index is 1.69. The SMILES string of the molecule is CC[C@H](C)NC(=O)Nc1ccc(-c2noc(-c3ccc(C)cc3)n2)cc1. The molecule has 1 aromatic heterocycles. The van der Waals surface area contributed by atoms with E-state index in [0.29, 0.717) is 17.4 Å². The van der Waals surface area contributed by atoms with Crippen LogP contribution in [0.1, 0.15) is 25.8 Å². The molecule has 0 aliphatic carbocycles. The van der Waals surface area contributed by atoms with Crippen LogP contribution in [0.2, 0.25) is 0 Å². The van der Waals surface area contributed by atoms with Crippen molar-refractivity contribution in [2.45, 2.75) is 33.2 Å². The van der Waals surface area contributed by atoms with E-state index in [2.05, 4.69) is 20.8 Å². The molecule has 0 radical (unpaired) electrons. The average Bonchev–Trinajstić information content (AvgIpc) is 3.13. The van der Waals surface area contributed by atoms with E-state index in [1.54, 1.807) is 0 Å². The van der Waals surface area contributed by atoms with Crippen molar-refractivity contribution in [3.8, 4) is 22.8 Å². The van der Waals surface area contributed by atoms with Gasteiger partial charge in [-0.2, -0.15) is 4.98 Å². The minimum atomic E-state index is -0.215. The monoisotopic (exact) mass is 350 g/mol. The van der Waals surface area contributed by atoms with Gasteiger partial charge in [0, 0.05) is 22.9 Å². The molecule has 0 saturated carbocycles. The summed E-state index contributed by atoms with van der Waals surface area (Å²) in [7, 11) is 0. The summed E-state index contributed by atoms with van der Waals surface area (Å²) in [6.07, 6.45) is 0.882. The average molecular weight is 350 g/mol. The minimum absolute atomic E-state index is 0.133. The predicted molar refractivity (Wildman–Crippen MR) is 102 cm³/mol. The van der Waals surface area contributed by atoms with Gasteiger partial charge in [0.15, 0.2) is 0 Å². The summed E-state index contributed by atoms with van der Waals surface area (Å²) in [6, 6.07) is 15.2. The van der Waals surface area contributed by atoms with Gasteiger partial charge in [-0.25, -0.2) is 4.79 Å². The number of anilines is 1. The second-order valence-corrected chi connectivity index (χ2v) is 6.27. The van der Waals surface area contributed by atoms with Crippen molar-refractivity contribution in [1.82, 2.24) is 15.5 Å². The molecule has 1 heterocycles. The number of carbonyl (C=O) groups excluding carboxylic acids is 1. The van der Waals surface area contributed by atoms with Crippen LogP contribution in [0.5, 0.6) is 0 Å². The van der Waals surface area contributed by atoms with Crippen LogP contribution in [0.3, 0.4) is 0 Å². The van der Waals surface area contributed by atoms with Crippen molar-refractivity contribution >= 4 is 11.7 Å². The number of amides is 2. The van der Waals surface area contributed by atoms with Gasteiger partial charge < -0.3 is 15.2 Å². The lowest BCUT2D eigenvalue weighted by Crippen LogP contribution is -2.35. The lowest BCUT2D eigenvalue weighted by Gasteiger charge is -2.12. The molecule has 0 unspecified atom stereocenters. The molecule has 6 nitrogen and oxygen atoms in total. The fourth-order valence-electron chi connectivity index (χ4n) is 2.35. The largest absolute Gasteiger partial charge is 0.335 e. The molecule has 0 spiro atoms. The maximum absolute atomic E-state index is 11.9. The lowest BCUT2D eigenvalue weighted by atomic mass is 10.1. The Morgan fingerprint density at radius 3 is 2.38 bits per heavy atom. The highest BCUT2D eigenvalue weighted by molar-refractivity contribution is 5.89. The number of nitrogens with zero attached hydrogens (tertiary/aromatic N) is 2. The van der Waals surface area contributed by atoms with E-state index < -0.39 is 0 Å². The van der Waals surface area contributed by atoms with Crippen LogP contribution < -0.4 is 10.6 Å². The maximum Gasteiger partial charge on any atom is 0.319 e. The predicted octanol–water partition coefficient (Wildman–Crippen LogP) is 4.63. The highest BCUT2D eigenvalue weighted by Crippen LogP contribution is 2.23. The molecule has 2 aromatic carbocycles. The third-order valence-electron chi connectivity index (χ3n) is 4.12. The van der Waals surface area contributed by atoms with Crippen molar-refractivity contribution in [1.29, 1.82) is 0 Å². The first-order chi connectivity index (χ1) is 12.5. The fourth-order valence-corrected chi connectivity index (χ4v) is 2.35. The van der Waals surface area contributed by atoms with Gasteiger partial charge in [0.1, 0.15) is 0 Å². The van der Waals surface area contributed by atoms with Crippen molar-refractivity contribution in [2.24, 2.45) is 0 Å². The second kappa shape index (κ2) is 7.82. The van der Waals surface area contributed by atoms with Crippen LogP contribution in [0.25, 0.3) is 22.8 Å². The standard InChI is InChI=1S/C20H22N4O2/c1-4-14(3)21-20(25)22-17-11-9-15(10-12-17)18-23-19(26-24-18)16-7-5-13(2)6-8-16/h5-12,14H,4H2,1-3H3,(H2,21,22,25)/t14-/m0/s1. The number of rotatable bonds is 5. The summed E-state index contributed by atoms with van der Waals surface area (Å²) in [4.78, 5) is 16.3. The zero-order chi connectivity index (χ0) is 18.5. The van der Waals surface area contributed by atoms with Gasteiger partial charge in [0.25, 0.3) is 5.89 Å². The number of carbonyl (C=O) groups is 1. The van der Waals surface area contributed by atoms with Gasteiger partial charge >= 0.3 is 6.03 Å². The van der Waals surface area contributed by atoms with E-state index in [1.807, 2.05) is 69.3 Å². The van der Waals surface area contributed by atoms with E-state index in [-0.39, 0.29) is 12.1 Å². The summed E-state index contributed by atoms with van der Waals surface area (Å²) < 4.78 is 5.36. The zero-order valence-corrected chi connectivity index (χ0v) is 15.1. The summed E-state index contributed by atoms with van der Waals surface area (Å²) in [5, 5.41) is 9.71. The topological polar surface area (TPSA) is 80.0 Å². The van der Waals surface area contributed by atoms with Crippen LogP contribution in [-0.2, 0) is 0 Å². The normalized spacial score (nSPS) is 11.8. The molecule has 0 fully saturated rings. The molecule has 0 aliphatic rings. The molecule has 6 heteroatoms. The maximum atomic E-state index is 11.9. The summed E-state index contributed by atoms with van der Waals surface area (Å²) in [5.41, 5.74) is 3.58. The van der Waals surface area contributed by atoms with E-state index in [9.17, 15) is 4.79 Å². The molecular weight excluding hydrogens is 328 g/mol. The Morgan fingerprint density at radius 2 is 1.73 bits per heavy atom. The number of aryl methyl sites for hydroxylation is 1. The Hall–Kier alpha value is -3.15. The minimum Gasteiger partial charge on any atom is -0.335 e. The highest BCUT2D eigenvalue weighted by Gasteiger charge is 2.11. The van der Waals surface area contributed by atoms with E-state index >= 15 is 0 Å². The molecule has 3 rings (SSSR count). The summed E-state index contributed by atoms with van der Waals surface area (Å²) in [5.74, 6) is 0.992. The molecule has 134 valence electrons. The Bertz CT molecular complexity index is 870. The number of nitrogens with one attached hydrogen (secondary N) is 2.